The third kappa shape index (κ3) is 4.22. The fourth-order valence-electron chi connectivity index (χ4n) is 3.58. The van der Waals surface area contributed by atoms with E-state index in [4.69, 9.17) is 4.74 Å². The molecule has 0 bridgehead atoms. The summed E-state index contributed by atoms with van der Waals surface area (Å²) < 4.78 is 45.9. The van der Waals surface area contributed by atoms with E-state index in [1.165, 1.54) is 16.4 Å². The number of rotatable bonds is 6. The molecule has 1 aliphatic heterocycles. The van der Waals surface area contributed by atoms with Crippen LogP contribution in [0.1, 0.15) is 31.5 Å². The second kappa shape index (κ2) is 8.53. The number of sulfonamides is 1. The van der Waals surface area contributed by atoms with Gasteiger partial charge in [-0.3, -0.25) is 5.10 Å². The Morgan fingerprint density at radius 2 is 1.77 bits per heavy atom. The zero-order valence-electron chi connectivity index (χ0n) is 16.6. The Balaban J connectivity index is 1.41. The summed E-state index contributed by atoms with van der Waals surface area (Å²) >= 11 is 0. The highest BCUT2D eigenvalue weighted by Gasteiger charge is 2.31. The van der Waals surface area contributed by atoms with Crippen LogP contribution in [0, 0.1) is 5.82 Å². The lowest BCUT2D eigenvalue weighted by Gasteiger charge is -2.30. The topological polar surface area (TPSA) is 88.2 Å². The molecule has 30 heavy (non-hydrogen) atoms. The van der Waals surface area contributed by atoms with Crippen LogP contribution in [-0.2, 0) is 10.0 Å². The second-order valence-corrected chi connectivity index (χ2v) is 9.07. The molecule has 0 atom stereocenters. The van der Waals surface area contributed by atoms with Crippen LogP contribution in [0.5, 0.6) is 5.75 Å². The summed E-state index contributed by atoms with van der Waals surface area (Å²) in [5, 5.41) is 7.18. The molecule has 2 aromatic carbocycles. The summed E-state index contributed by atoms with van der Waals surface area (Å²) in [6, 6.07) is 12.5. The lowest BCUT2D eigenvalue weighted by atomic mass is 9.97. The van der Waals surface area contributed by atoms with Crippen LogP contribution in [0.25, 0.3) is 11.4 Å². The van der Waals surface area contributed by atoms with Crippen molar-refractivity contribution in [1.29, 1.82) is 0 Å². The van der Waals surface area contributed by atoms with Crippen LogP contribution in [0.15, 0.2) is 53.4 Å². The summed E-state index contributed by atoms with van der Waals surface area (Å²) in [4.78, 5) is 4.80. The molecule has 158 valence electrons. The van der Waals surface area contributed by atoms with Gasteiger partial charge in [0, 0.05) is 24.6 Å². The van der Waals surface area contributed by atoms with Crippen molar-refractivity contribution >= 4 is 10.0 Å². The average Bonchev–Trinajstić information content (AvgIpc) is 3.25. The van der Waals surface area contributed by atoms with E-state index in [9.17, 15) is 12.8 Å². The minimum Gasteiger partial charge on any atom is -0.494 e. The number of hydrogen-bond donors (Lipinski definition) is 1. The molecule has 3 aromatic rings. The van der Waals surface area contributed by atoms with Gasteiger partial charge in [0.05, 0.1) is 11.5 Å². The maximum Gasteiger partial charge on any atom is 0.243 e. The van der Waals surface area contributed by atoms with Gasteiger partial charge < -0.3 is 4.74 Å². The molecule has 0 saturated carbocycles. The van der Waals surface area contributed by atoms with E-state index in [1.807, 2.05) is 6.92 Å². The zero-order valence-corrected chi connectivity index (χ0v) is 17.4. The van der Waals surface area contributed by atoms with Crippen LogP contribution in [0.3, 0.4) is 0 Å². The van der Waals surface area contributed by atoms with Crippen molar-refractivity contribution in [2.45, 2.75) is 30.6 Å². The highest BCUT2D eigenvalue weighted by atomic mass is 32.2. The van der Waals surface area contributed by atoms with Gasteiger partial charge in [0.25, 0.3) is 0 Å². The first-order valence-corrected chi connectivity index (χ1v) is 11.3. The fraction of sp³-hybridized carbons (Fsp3) is 0.333. The molecule has 1 aromatic heterocycles. The van der Waals surface area contributed by atoms with Crippen LogP contribution < -0.4 is 4.74 Å². The van der Waals surface area contributed by atoms with Gasteiger partial charge in [0.1, 0.15) is 17.4 Å². The van der Waals surface area contributed by atoms with Gasteiger partial charge in [-0.2, -0.15) is 9.40 Å². The number of ether oxygens (including phenoxy) is 1. The lowest BCUT2D eigenvalue weighted by molar-refractivity contribution is 0.313. The lowest BCUT2D eigenvalue weighted by Crippen LogP contribution is -2.38. The van der Waals surface area contributed by atoms with E-state index in [-0.39, 0.29) is 16.6 Å². The number of aromatic amines is 1. The standard InChI is InChI=1S/C21H23FN4O3S/c1-2-29-18-7-9-19(10-8-18)30(27,28)26-13-11-16(12-14-26)21-23-20(24-25-21)15-3-5-17(22)6-4-15/h3-10,16H,2,11-14H2,1H3,(H,23,24,25). The first kappa shape index (κ1) is 20.5. The Hall–Kier alpha value is -2.78. The minimum absolute atomic E-state index is 0.0958. The van der Waals surface area contributed by atoms with Crippen LogP contribution >= 0.6 is 0 Å². The summed E-state index contributed by atoms with van der Waals surface area (Å²) in [7, 11) is -3.55. The number of halogens is 1. The molecule has 1 aliphatic rings. The molecule has 0 radical (unpaired) electrons. The quantitative estimate of drug-likeness (QED) is 0.646. The molecule has 9 heteroatoms. The van der Waals surface area contributed by atoms with E-state index >= 15 is 0 Å². The van der Waals surface area contributed by atoms with E-state index in [2.05, 4.69) is 15.2 Å². The molecular weight excluding hydrogens is 407 g/mol. The third-order valence-corrected chi connectivity index (χ3v) is 7.13. The highest BCUT2D eigenvalue weighted by molar-refractivity contribution is 7.89. The van der Waals surface area contributed by atoms with Crippen LogP contribution in [-0.4, -0.2) is 47.6 Å². The molecule has 1 N–H and O–H groups in total. The Kier molecular flexibility index (Phi) is 5.83. The van der Waals surface area contributed by atoms with Crippen molar-refractivity contribution in [2.75, 3.05) is 19.7 Å². The monoisotopic (exact) mass is 430 g/mol. The average molecular weight is 431 g/mol. The summed E-state index contributed by atoms with van der Waals surface area (Å²) in [5.41, 5.74) is 0.731. The molecule has 7 nitrogen and oxygen atoms in total. The van der Waals surface area contributed by atoms with Gasteiger partial charge in [-0.05, 0) is 68.3 Å². The largest absolute Gasteiger partial charge is 0.494 e. The van der Waals surface area contributed by atoms with Crippen molar-refractivity contribution in [2.24, 2.45) is 0 Å². The number of aromatic nitrogens is 3. The van der Waals surface area contributed by atoms with Crippen LogP contribution in [0.2, 0.25) is 0 Å². The van der Waals surface area contributed by atoms with Crippen molar-refractivity contribution in [3.63, 3.8) is 0 Å². The Bertz CT molecular complexity index is 1090. The second-order valence-electron chi connectivity index (χ2n) is 7.13. The summed E-state index contributed by atoms with van der Waals surface area (Å²) in [6.07, 6.45) is 1.29. The van der Waals surface area contributed by atoms with E-state index in [0.717, 1.165) is 11.4 Å². The summed E-state index contributed by atoms with van der Waals surface area (Å²) in [6.45, 7) is 3.23. The van der Waals surface area contributed by atoms with Gasteiger partial charge in [-0.25, -0.2) is 17.8 Å². The molecule has 1 fully saturated rings. The predicted octanol–water partition coefficient (Wildman–Crippen LogP) is 3.58. The molecule has 2 heterocycles. The van der Waals surface area contributed by atoms with Crippen molar-refractivity contribution < 1.29 is 17.5 Å². The van der Waals surface area contributed by atoms with Gasteiger partial charge in [-0.1, -0.05) is 0 Å². The molecule has 1 saturated heterocycles. The van der Waals surface area contributed by atoms with E-state index in [1.54, 1.807) is 36.4 Å². The maximum absolute atomic E-state index is 13.1. The number of piperidine rings is 1. The van der Waals surface area contributed by atoms with Gasteiger partial charge >= 0.3 is 0 Å². The molecule has 0 spiro atoms. The van der Waals surface area contributed by atoms with E-state index < -0.39 is 10.0 Å². The maximum atomic E-state index is 13.1. The molecule has 0 amide bonds. The Labute approximate surface area is 175 Å². The van der Waals surface area contributed by atoms with Crippen LogP contribution in [0.4, 0.5) is 4.39 Å². The molecule has 4 rings (SSSR count). The number of nitrogens with one attached hydrogen (secondary N) is 1. The number of hydrogen-bond acceptors (Lipinski definition) is 5. The van der Waals surface area contributed by atoms with Crippen molar-refractivity contribution in [3.05, 3.63) is 60.2 Å². The first-order valence-electron chi connectivity index (χ1n) is 9.88. The van der Waals surface area contributed by atoms with Gasteiger partial charge in [0.15, 0.2) is 5.82 Å². The Morgan fingerprint density at radius 1 is 1.10 bits per heavy atom. The fourth-order valence-corrected chi connectivity index (χ4v) is 5.05. The summed E-state index contributed by atoms with van der Waals surface area (Å²) in [5.74, 6) is 1.67. The zero-order chi connectivity index (χ0) is 21.1. The van der Waals surface area contributed by atoms with Gasteiger partial charge in [-0.15, -0.1) is 0 Å². The number of nitrogens with zero attached hydrogens (tertiary/aromatic N) is 3. The number of H-pyrrole nitrogens is 1. The highest BCUT2D eigenvalue weighted by Crippen LogP contribution is 2.30. The first-order chi connectivity index (χ1) is 14.5. The van der Waals surface area contributed by atoms with Gasteiger partial charge in [0.2, 0.25) is 10.0 Å². The number of benzene rings is 2. The predicted molar refractivity (Wildman–Crippen MR) is 110 cm³/mol. The SMILES string of the molecule is CCOc1ccc(S(=O)(=O)N2CCC(c3nc(-c4ccc(F)cc4)n[nH]3)CC2)cc1. The smallest absolute Gasteiger partial charge is 0.243 e. The van der Waals surface area contributed by atoms with E-state index in [0.29, 0.717) is 44.1 Å². The van der Waals surface area contributed by atoms with Crippen molar-refractivity contribution in [1.82, 2.24) is 19.5 Å². The molecule has 0 aliphatic carbocycles. The molecule has 0 unspecified atom stereocenters. The molecular formula is C21H23FN4O3S. The normalized spacial score (nSPS) is 15.9. The third-order valence-electron chi connectivity index (χ3n) is 5.22. The minimum atomic E-state index is -3.55. The Morgan fingerprint density at radius 3 is 2.40 bits per heavy atom. The van der Waals surface area contributed by atoms with Crippen molar-refractivity contribution in [3.8, 4) is 17.1 Å².